The molecule has 2 aliphatic carbocycles. The van der Waals surface area contributed by atoms with Gasteiger partial charge in [0.25, 0.3) is 0 Å². The van der Waals surface area contributed by atoms with Crippen LogP contribution >= 0.6 is 0 Å². The maximum Gasteiger partial charge on any atom is 0.220 e. The van der Waals surface area contributed by atoms with E-state index in [0.29, 0.717) is 18.9 Å². The third-order valence-corrected chi connectivity index (χ3v) is 3.38. The lowest BCUT2D eigenvalue weighted by molar-refractivity contribution is -0.122. The van der Waals surface area contributed by atoms with Crippen molar-refractivity contribution in [2.24, 2.45) is 11.8 Å². The summed E-state index contributed by atoms with van der Waals surface area (Å²) >= 11 is 0. The molecule has 0 radical (unpaired) electrons. The van der Waals surface area contributed by atoms with Gasteiger partial charge in [-0.15, -0.1) is 0 Å². The van der Waals surface area contributed by atoms with Gasteiger partial charge in [0.2, 0.25) is 5.91 Å². The Balaban J connectivity index is 1.71. The quantitative estimate of drug-likeness (QED) is 0.698. The van der Waals surface area contributed by atoms with Crippen molar-refractivity contribution in [2.75, 3.05) is 0 Å². The van der Waals surface area contributed by atoms with E-state index in [-0.39, 0.29) is 12.0 Å². The fourth-order valence-electron chi connectivity index (χ4n) is 2.13. The highest BCUT2D eigenvalue weighted by atomic mass is 16.3. The first-order chi connectivity index (χ1) is 7.16. The van der Waals surface area contributed by atoms with Crippen molar-refractivity contribution < 1.29 is 9.90 Å². The van der Waals surface area contributed by atoms with Crippen LogP contribution in [0.1, 0.15) is 45.4 Å². The number of hydrogen-bond acceptors (Lipinski definition) is 2. The lowest BCUT2D eigenvalue weighted by Gasteiger charge is -2.17. The normalized spacial score (nSPS) is 22.9. The molecule has 0 aromatic heterocycles. The first kappa shape index (κ1) is 10.9. The van der Waals surface area contributed by atoms with Gasteiger partial charge < -0.3 is 10.4 Å². The van der Waals surface area contributed by atoms with E-state index in [1.54, 1.807) is 6.92 Å². The summed E-state index contributed by atoms with van der Waals surface area (Å²) in [6.07, 6.45) is 5.84. The average Bonchev–Trinajstić information content (AvgIpc) is 3.02. The minimum Gasteiger partial charge on any atom is -0.393 e. The second-order valence-corrected chi connectivity index (χ2v) is 5.16. The van der Waals surface area contributed by atoms with Crippen LogP contribution in [0, 0.1) is 11.8 Å². The van der Waals surface area contributed by atoms with Crippen LogP contribution in [-0.2, 0) is 4.79 Å². The van der Waals surface area contributed by atoms with Gasteiger partial charge in [0.15, 0.2) is 0 Å². The van der Waals surface area contributed by atoms with Crippen molar-refractivity contribution >= 4 is 5.91 Å². The third kappa shape index (κ3) is 3.49. The summed E-state index contributed by atoms with van der Waals surface area (Å²) in [6.45, 7) is 1.73. The predicted octanol–water partition coefficient (Wildman–Crippen LogP) is 1.45. The smallest absolute Gasteiger partial charge is 0.220 e. The number of carbonyl (C=O) groups is 1. The molecule has 2 N–H and O–H groups in total. The standard InChI is InChI=1S/C12H21NO2/c1-8(14)2-7-11(15)13-12(9-3-4-9)10-5-6-10/h8-10,12,14H,2-7H2,1H3,(H,13,15). The molecule has 0 spiro atoms. The van der Waals surface area contributed by atoms with Gasteiger partial charge in [0, 0.05) is 12.5 Å². The fraction of sp³-hybridized carbons (Fsp3) is 0.917. The van der Waals surface area contributed by atoms with Gasteiger partial charge in [0.05, 0.1) is 6.10 Å². The van der Waals surface area contributed by atoms with Gasteiger partial charge in [-0.05, 0) is 50.9 Å². The first-order valence-electron chi connectivity index (χ1n) is 6.14. The predicted molar refractivity (Wildman–Crippen MR) is 58.3 cm³/mol. The Kier molecular flexibility index (Phi) is 3.29. The second kappa shape index (κ2) is 4.52. The molecule has 0 bridgehead atoms. The zero-order valence-corrected chi connectivity index (χ0v) is 9.41. The highest BCUT2D eigenvalue weighted by Gasteiger charge is 2.41. The molecule has 1 atom stereocenters. The number of aliphatic hydroxyl groups excluding tert-OH is 1. The van der Waals surface area contributed by atoms with E-state index in [1.165, 1.54) is 25.7 Å². The minimum absolute atomic E-state index is 0.125. The zero-order chi connectivity index (χ0) is 10.8. The third-order valence-electron chi connectivity index (χ3n) is 3.38. The number of nitrogens with one attached hydrogen (secondary N) is 1. The molecule has 1 unspecified atom stereocenters. The molecule has 0 aliphatic heterocycles. The molecule has 3 heteroatoms. The van der Waals surface area contributed by atoms with Gasteiger partial charge in [-0.2, -0.15) is 0 Å². The Hall–Kier alpha value is -0.570. The van der Waals surface area contributed by atoms with E-state index in [0.717, 1.165) is 11.8 Å². The monoisotopic (exact) mass is 211 g/mol. The van der Waals surface area contributed by atoms with Crippen molar-refractivity contribution in [3.63, 3.8) is 0 Å². The summed E-state index contributed by atoms with van der Waals surface area (Å²) in [5.41, 5.74) is 0. The average molecular weight is 211 g/mol. The van der Waals surface area contributed by atoms with E-state index >= 15 is 0 Å². The fourth-order valence-corrected chi connectivity index (χ4v) is 2.13. The molecule has 0 aromatic rings. The maximum atomic E-state index is 11.6. The van der Waals surface area contributed by atoms with E-state index in [1.807, 2.05) is 0 Å². The second-order valence-electron chi connectivity index (χ2n) is 5.16. The van der Waals surface area contributed by atoms with E-state index in [9.17, 15) is 4.79 Å². The SMILES string of the molecule is CC(O)CCC(=O)NC(C1CC1)C1CC1. The van der Waals surface area contributed by atoms with Crippen LogP contribution in [-0.4, -0.2) is 23.2 Å². The zero-order valence-electron chi connectivity index (χ0n) is 9.41. The molecule has 2 saturated carbocycles. The van der Waals surface area contributed by atoms with Crippen LogP contribution in [0.25, 0.3) is 0 Å². The molecule has 1 amide bonds. The van der Waals surface area contributed by atoms with Crippen molar-refractivity contribution in [1.82, 2.24) is 5.32 Å². The van der Waals surface area contributed by atoms with Crippen LogP contribution in [0.5, 0.6) is 0 Å². The number of carbonyl (C=O) groups excluding carboxylic acids is 1. The number of aliphatic hydroxyl groups is 1. The molecule has 2 rings (SSSR count). The molecule has 2 fully saturated rings. The van der Waals surface area contributed by atoms with Crippen LogP contribution in [0.2, 0.25) is 0 Å². The first-order valence-corrected chi connectivity index (χ1v) is 6.14. The molecule has 15 heavy (non-hydrogen) atoms. The van der Waals surface area contributed by atoms with Gasteiger partial charge >= 0.3 is 0 Å². The molecular weight excluding hydrogens is 190 g/mol. The summed E-state index contributed by atoms with van der Waals surface area (Å²) in [5.74, 6) is 1.64. The highest BCUT2D eigenvalue weighted by molar-refractivity contribution is 5.76. The Morgan fingerprint density at radius 1 is 1.33 bits per heavy atom. The van der Waals surface area contributed by atoms with E-state index < -0.39 is 0 Å². The highest BCUT2D eigenvalue weighted by Crippen LogP contribution is 2.44. The lowest BCUT2D eigenvalue weighted by atomic mass is 10.1. The minimum atomic E-state index is -0.365. The Morgan fingerprint density at radius 2 is 1.87 bits per heavy atom. The molecular formula is C12H21NO2. The van der Waals surface area contributed by atoms with Gasteiger partial charge in [-0.3, -0.25) is 4.79 Å². The van der Waals surface area contributed by atoms with Gasteiger partial charge in [-0.25, -0.2) is 0 Å². The summed E-state index contributed by atoms with van der Waals surface area (Å²) in [5, 5.41) is 12.2. The van der Waals surface area contributed by atoms with E-state index in [2.05, 4.69) is 5.32 Å². The molecule has 3 nitrogen and oxygen atoms in total. The topological polar surface area (TPSA) is 49.3 Å². The van der Waals surface area contributed by atoms with Crippen molar-refractivity contribution in [2.45, 2.75) is 57.6 Å². The molecule has 0 aromatic carbocycles. The largest absolute Gasteiger partial charge is 0.393 e. The maximum absolute atomic E-state index is 11.6. The number of hydrogen-bond donors (Lipinski definition) is 2. The molecule has 0 heterocycles. The van der Waals surface area contributed by atoms with Crippen molar-refractivity contribution in [3.8, 4) is 0 Å². The Bertz CT molecular complexity index is 220. The number of amides is 1. The van der Waals surface area contributed by atoms with Gasteiger partial charge in [0.1, 0.15) is 0 Å². The summed E-state index contributed by atoms with van der Waals surface area (Å²) < 4.78 is 0. The van der Waals surface area contributed by atoms with Crippen LogP contribution < -0.4 is 5.32 Å². The van der Waals surface area contributed by atoms with Crippen molar-refractivity contribution in [1.29, 1.82) is 0 Å². The summed E-state index contributed by atoms with van der Waals surface area (Å²) in [6, 6.07) is 0.450. The van der Waals surface area contributed by atoms with Crippen LogP contribution in [0.3, 0.4) is 0 Å². The Morgan fingerprint density at radius 3 is 2.27 bits per heavy atom. The molecule has 0 saturated heterocycles. The van der Waals surface area contributed by atoms with Crippen LogP contribution in [0.4, 0.5) is 0 Å². The van der Waals surface area contributed by atoms with E-state index in [4.69, 9.17) is 5.11 Å². The Labute approximate surface area is 91.2 Å². The molecule has 86 valence electrons. The van der Waals surface area contributed by atoms with Gasteiger partial charge in [-0.1, -0.05) is 0 Å². The van der Waals surface area contributed by atoms with Crippen LogP contribution in [0.15, 0.2) is 0 Å². The number of rotatable bonds is 6. The summed E-state index contributed by atoms with van der Waals surface area (Å²) in [7, 11) is 0. The van der Waals surface area contributed by atoms with Crippen molar-refractivity contribution in [3.05, 3.63) is 0 Å². The molecule has 2 aliphatic rings. The lowest BCUT2D eigenvalue weighted by Crippen LogP contribution is -2.38. The summed E-state index contributed by atoms with van der Waals surface area (Å²) in [4.78, 5) is 11.6.